The molecule has 1 aromatic carbocycles. The number of aromatic nitrogens is 1. The molecule has 1 fully saturated rings. The number of carbonyl (C=O) groups excluding carboxylic acids is 1. The number of pyridine rings is 1. The number of amides is 1. The number of ether oxygens (including phenoxy) is 1. The number of methoxy groups -OCH3 is 1. The van der Waals surface area contributed by atoms with E-state index in [1.54, 1.807) is 7.11 Å². The molecule has 3 aromatic rings. The summed E-state index contributed by atoms with van der Waals surface area (Å²) in [7, 11) is 1.66. The van der Waals surface area contributed by atoms with Crippen molar-refractivity contribution in [2.24, 2.45) is 11.8 Å². The lowest BCUT2D eigenvalue weighted by atomic mass is 9.92. The third kappa shape index (κ3) is 4.70. The van der Waals surface area contributed by atoms with Gasteiger partial charge in [0, 0.05) is 30.4 Å². The van der Waals surface area contributed by atoms with Crippen molar-refractivity contribution in [2.75, 3.05) is 33.3 Å². The van der Waals surface area contributed by atoms with E-state index in [1.807, 2.05) is 24.3 Å². The van der Waals surface area contributed by atoms with Crippen LogP contribution in [-0.4, -0.2) is 49.1 Å². The van der Waals surface area contributed by atoms with Gasteiger partial charge in [0.2, 0.25) is 0 Å². The van der Waals surface area contributed by atoms with Crippen molar-refractivity contribution in [3.63, 3.8) is 0 Å². The van der Waals surface area contributed by atoms with Crippen molar-refractivity contribution in [1.82, 2.24) is 15.2 Å². The third-order valence-corrected chi connectivity index (χ3v) is 6.66. The zero-order valence-corrected chi connectivity index (χ0v) is 18.2. The first-order valence-corrected chi connectivity index (χ1v) is 11.2. The summed E-state index contributed by atoms with van der Waals surface area (Å²) in [5.74, 6) is 2.35. The highest BCUT2D eigenvalue weighted by Crippen LogP contribution is 2.29. The molecule has 3 heterocycles. The number of fused-ring (bicyclic) bond motifs is 2. The Kier molecular flexibility index (Phi) is 6.01. The van der Waals surface area contributed by atoms with Gasteiger partial charge in [-0.3, -0.25) is 4.79 Å². The third-order valence-electron chi connectivity index (χ3n) is 5.61. The number of rotatable bonds is 6. The maximum Gasteiger partial charge on any atom is 0.261 e. The van der Waals surface area contributed by atoms with Crippen LogP contribution in [0.5, 0.6) is 5.75 Å². The van der Waals surface area contributed by atoms with E-state index in [4.69, 9.17) is 9.72 Å². The van der Waals surface area contributed by atoms with E-state index < -0.39 is 0 Å². The van der Waals surface area contributed by atoms with Crippen molar-refractivity contribution in [2.45, 2.75) is 26.7 Å². The van der Waals surface area contributed by atoms with Crippen LogP contribution in [0.1, 0.15) is 36.4 Å². The summed E-state index contributed by atoms with van der Waals surface area (Å²) in [6.45, 7) is 8.78. The van der Waals surface area contributed by atoms with Crippen molar-refractivity contribution in [3.8, 4) is 5.75 Å². The van der Waals surface area contributed by atoms with Gasteiger partial charge in [-0.05, 0) is 61.6 Å². The van der Waals surface area contributed by atoms with Crippen LogP contribution in [0, 0.1) is 11.8 Å². The highest BCUT2D eigenvalue weighted by molar-refractivity contribution is 7.20. The van der Waals surface area contributed by atoms with E-state index in [0.29, 0.717) is 6.54 Å². The molecule has 154 valence electrons. The highest BCUT2D eigenvalue weighted by Gasteiger charge is 2.21. The quantitative estimate of drug-likeness (QED) is 0.605. The molecule has 0 bridgehead atoms. The van der Waals surface area contributed by atoms with Gasteiger partial charge in [-0.2, -0.15) is 0 Å². The number of nitrogens with one attached hydrogen (secondary N) is 1. The zero-order valence-electron chi connectivity index (χ0n) is 17.4. The first-order chi connectivity index (χ1) is 14.0. The molecule has 0 aliphatic carbocycles. The summed E-state index contributed by atoms with van der Waals surface area (Å²) >= 11 is 1.45. The Labute approximate surface area is 176 Å². The number of hydrogen-bond acceptors (Lipinski definition) is 5. The van der Waals surface area contributed by atoms with E-state index in [-0.39, 0.29) is 5.91 Å². The molecule has 1 saturated heterocycles. The molecule has 4 rings (SSSR count). The molecular formula is C23H29N3O2S. The zero-order chi connectivity index (χ0) is 20.4. The fourth-order valence-electron chi connectivity index (χ4n) is 4.42. The summed E-state index contributed by atoms with van der Waals surface area (Å²) in [6.07, 6.45) is 2.31. The van der Waals surface area contributed by atoms with E-state index in [0.717, 1.165) is 56.5 Å². The van der Waals surface area contributed by atoms with Gasteiger partial charge in [0.1, 0.15) is 10.6 Å². The Morgan fingerprint density at radius 3 is 2.76 bits per heavy atom. The van der Waals surface area contributed by atoms with Crippen LogP contribution in [0.2, 0.25) is 0 Å². The molecule has 2 atom stereocenters. The summed E-state index contributed by atoms with van der Waals surface area (Å²) < 4.78 is 5.30. The summed E-state index contributed by atoms with van der Waals surface area (Å²) in [5.41, 5.74) is 0.914. The van der Waals surface area contributed by atoms with E-state index in [2.05, 4.69) is 30.1 Å². The van der Waals surface area contributed by atoms with Crippen LogP contribution in [0.4, 0.5) is 0 Å². The normalized spacial score (nSPS) is 20.2. The Balaban J connectivity index is 1.36. The van der Waals surface area contributed by atoms with Crippen LogP contribution in [-0.2, 0) is 0 Å². The second-order valence-electron chi connectivity index (χ2n) is 8.37. The van der Waals surface area contributed by atoms with Crippen LogP contribution >= 0.6 is 11.3 Å². The molecule has 2 aromatic heterocycles. The number of carbonyl (C=O) groups is 1. The number of likely N-dealkylation sites (tertiary alicyclic amines) is 1. The molecule has 0 spiro atoms. The minimum absolute atomic E-state index is 0.00461. The SMILES string of the molecule is COc1ccc2nc3sc(C(=O)NCCCN4C[C@H](C)C[C@@H](C)C4)cc3cc2c1. The monoisotopic (exact) mass is 411 g/mol. The van der Waals surface area contributed by atoms with E-state index in [1.165, 1.54) is 30.8 Å². The van der Waals surface area contributed by atoms with Crippen molar-refractivity contribution in [3.05, 3.63) is 35.2 Å². The fraction of sp³-hybridized carbons (Fsp3) is 0.478. The molecule has 29 heavy (non-hydrogen) atoms. The van der Waals surface area contributed by atoms with E-state index in [9.17, 15) is 4.79 Å². The van der Waals surface area contributed by atoms with Crippen LogP contribution in [0.15, 0.2) is 30.3 Å². The van der Waals surface area contributed by atoms with Crippen molar-refractivity contribution >= 4 is 38.4 Å². The lowest BCUT2D eigenvalue weighted by Crippen LogP contribution is -2.40. The lowest BCUT2D eigenvalue weighted by molar-refractivity contribution is 0.0951. The molecule has 6 heteroatoms. The maximum atomic E-state index is 12.6. The first-order valence-electron chi connectivity index (χ1n) is 10.4. The van der Waals surface area contributed by atoms with Gasteiger partial charge in [0.15, 0.2) is 0 Å². The lowest BCUT2D eigenvalue weighted by Gasteiger charge is -2.34. The fourth-order valence-corrected chi connectivity index (χ4v) is 5.36. The molecule has 1 N–H and O–H groups in total. The first kappa shape index (κ1) is 20.1. The van der Waals surface area contributed by atoms with E-state index >= 15 is 0 Å². The molecule has 0 unspecified atom stereocenters. The number of nitrogens with zero attached hydrogens (tertiary/aromatic N) is 2. The Hall–Kier alpha value is -2.18. The molecule has 0 saturated carbocycles. The standard InChI is InChI=1S/C23H29N3O2S/c1-15-9-16(2)14-26(13-15)8-4-7-24-22(27)21-12-18-10-17-11-19(28-3)5-6-20(17)25-23(18)29-21/h5-6,10-12,15-16H,4,7-9,13-14H2,1-3H3,(H,24,27)/t15-,16-/m1/s1. The number of thiophene rings is 1. The molecule has 5 nitrogen and oxygen atoms in total. The average Bonchev–Trinajstić information content (AvgIpc) is 3.11. The van der Waals surface area contributed by atoms with Gasteiger partial charge in [0.25, 0.3) is 5.91 Å². The number of benzene rings is 1. The number of hydrogen-bond donors (Lipinski definition) is 1. The maximum absolute atomic E-state index is 12.6. The Morgan fingerprint density at radius 1 is 1.21 bits per heavy atom. The summed E-state index contributed by atoms with van der Waals surface area (Å²) in [5, 5.41) is 5.10. The summed E-state index contributed by atoms with van der Waals surface area (Å²) in [6, 6.07) is 9.85. The highest BCUT2D eigenvalue weighted by atomic mass is 32.1. The van der Waals surface area contributed by atoms with Crippen molar-refractivity contribution < 1.29 is 9.53 Å². The van der Waals surface area contributed by atoms with Crippen LogP contribution in [0.3, 0.4) is 0 Å². The minimum atomic E-state index is -0.00461. The second kappa shape index (κ2) is 8.67. The largest absolute Gasteiger partial charge is 0.497 e. The average molecular weight is 412 g/mol. The number of piperidine rings is 1. The van der Waals surface area contributed by atoms with Gasteiger partial charge in [0.05, 0.1) is 17.5 Å². The second-order valence-corrected chi connectivity index (χ2v) is 9.40. The van der Waals surface area contributed by atoms with Crippen molar-refractivity contribution in [1.29, 1.82) is 0 Å². The minimum Gasteiger partial charge on any atom is -0.497 e. The predicted molar refractivity (Wildman–Crippen MR) is 120 cm³/mol. The molecular weight excluding hydrogens is 382 g/mol. The van der Waals surface area contributed by atoms with Gasteiger partial charge in [-0.1, -0.05) is 13.8 Å². The van der Waals surface area contributed by atoms with Gasteiger partial charge < -0.3 is 15.0 Å². The Morgan fingerprint density at radius 2 is 2.00 bits per heavy atom. The summed E-state index contributed by atoms with van der Waals surface area (Å²) in [4.78, 5) is 21.5. The van der Waals surface area contributed by atoms with Gasteiger partial charge in [-0.15, -0.1) is 11.3 Å². The van der Waals surface area contributed by atoms with Gasteiger partial charge in [-0.25, -0.2) is 4.98 Å². The predicted octanol–water partition coefficient (Wildman–Crippen LogP) is 4.56. The smallest absolute Gasteiger partial charge is 0.261 e. The van der Waals surface area contributed by atoms with Crippen LogP contribution in [0.25, 0.3) is 21.1 Å². The molecule has 1 amide bonds. The Bertz CT molecular complexity index is 1010. The van der Waals surface area contributed by atoms with Gasteiger partial charge >= 0.3 is 0 Å². The topological polar surface area (TPSA) is 54.5 Å². The molecule has 1 aliphatic heterocycles. The molecule has 0 radical (unpaired) electrons. The van der Waals surface area contributed by atoms with Crippen LogP contribution < -0.4 is 10.1 Å². The molecule has 1 aliphatic rings.